The number of nitrogens with zero attached hydrogens (tertiary/aromatic N) is 2. The van der Waals surface area contributed by atoms with Crippen molar-refractivity contribution in [3.8, 4) is 11.8 Å². The first-order chi connectivity index (χ1) is 13.5. The standard InChI is InChI=1S/C14H4Cl2F9N3S2/c15-6-1-4(12(17,18)19)2-7(16)8(6)28-10(27)9(29-13(20,21)22)5(3-26)11(28)30-14(23,24)25/h1-2H,27H2. The maximum absolute atomic E-state index is 13.0. The molecule has 2 rings (SSSR count). The number of hydrogen-bond donors (Lipinski definition) is 1. The van der Waals surface area contributed by atoms with E-state index < -0.39 is 83.3 Å². The molecule has 2 N–H and O–H groups in total. The molecule has 16 heteroatoms. The van der Waals surface area contributed by atoms with E-state index in [1.807, 2.05) is 0 Å². The van der Waals surface area contributed by atoms with E-state index in [9.17, 15) is 44.8 Å². The Hall–Kier alpha value is -1.56. The Morgan fingerprint density at radius 1 is 0.900 bits per heavy atom. The zero-order valence-corrected chi connectivity index (χ0v) is 16.7. The van der Waals surface area contributed by atoms with Gasteiger partial charge in [0.1, 0.15) is 22.5 Å². The molecule has 0 unspecified atom stereocenters. The number of rotatable bonds is 3. The largest absolute Gasteiger partial charge is 0.447 e. The van der Waals surface area contributed by atoms with Crippen molar-refractivity contribution >= 4 is 52.5 Å². The van der Waals surface area contributed by atoms with E-state index in [1.165, 1.54) is 6.07 Å². The van der Waals surface area contributed by atoms with E-state index in [4.69, 9.17) is 28.9 Å². The normalized spacial score (nSPS) is 12.9. The van der Waals surface area contributed by atoms with Gasteiger partial charge in [0.15, 0.2) is 0 Å². The molecule has 0 aliphatic carbocycles. The molecule has 30 heavy (non-hydrogen) atoms. The Kier molecular flexibility index (Phi) is 6.73. The van der Waals surface area contributed by atoms with Crippen LogP contribution in [-0.4, -0.2) is 15.6 Å². The number of anilines is 1. The van der Waals surface area contributed by atoms with Gasteiger partial charge in [-0.25, -0.2) is 0 Å². The highest BCUT2D eigenvalue weighted by atomic mass is 35.5. The highest BCUT2D eigenvalue weighted by Crippen LogP contribution is 2.51. The number of nitriles is 1. The minimum atomic E-state index is -5.10. The van der Waals surface area contributed by atoms with Crippen LogP contribution in [0.25, 0.3) is 5.69 Å². The second-order valence-electron chi connectivity index (χ2n) is 5.22. The van der Waals surface area contributed by atoms with Crippen LogP contribution in [0.15, 0.2) is 22.1 Å². The number of thioether (sulfide) groups is 2. The van der Waals surface area contributed by atoms with Gasteiger partial charge in [-0.15, -0.1) is 0 Å². The Bertz CT molecular complexity index is 997. The Morgan fingerprint density at radius 2 is 1.37 bits per heavy atom. The monoisotopic (exact) mass is 519 g/mol. The minimum absolute atomic E-state index is 0.273. The number of aromatic nitrogens is 1. The molecule has 1 aromatic carbocycles. The van der Waals surface area contributed by atoms with E-state index in [1.54, 1.807) is 0 Å². The van der Waals surface area contributed by atoms with Gasteiger partial charge in [-0.2, -0.15) is 44.8 Å². The summed E-state index contributed by atoms with van der Waals surface area (Å²) >= 11 is 9.57. The van der Waals surface area contributed by atoms with Crippen LogP contribution >= 0.6 is 46.7 Å². The molecule has 0 aliphatic heterocycles. The highest BCUT2D eigenvalue weighted by Gasteiger charge is 2.40. The zero-order chi connectivity index (χ0) is 23.2. The summed E-state index contributed by atoms with van der Waals surface area (Å²) in [6, 6.07) is 1.83. The number of alkyl halides is 9. The summed E-state index contributed by atoms with van der Waals surface area (Å²) in [4.78, 5) is -1.08. The fourth-order valence-corrected chi connectivity index (χ4v) is 4.38. The first kappa shape index (κ1) is 24.7. The first-order valence-corrected chi connectivity index (χ1v) is 9.37. The van der Waals surface area contributed by atoms with Crippen LogP contribution in [0.1, 0.15) is 11.1 Å². The molecule has 0 radical (unpaired) electrons. The van der Waals surface area contributed by atoms with Gasteiger partial charge >= 0.3 is 17.2 Å². The topological polar surface area (TPSA) is 54.7 Å². The fourth-order valence-electron chi connectivity index (χ4n) is 2.24. The van der Waals surface area contributed by atoms with Gasteiger partial charge in [0, 0.05) is 11.8 Å². The number of hydrogen-bond acceptors (Lipinski definition) is 4. The molecule has 0 spiro atoms. The summed E-state index contributed by atoms with van der Waals surface area (Å²) in [5.41, 5.74) is -7.77. The number of nitrogen functional groups attached to an aromatic ring is 1. The summed E-state index contributed by atoms with van der Waals surface area (Å²) in [6.07, 6.45) is -4.92. The van der Waals surface area contributed by atoms with E-state index >= 15 is 0 Å². The van der Waals surface area contributed by atoms with Crippen molar-refractivity contribution in [1.29, 1.82) is 5.26 Å². The summed E-state index contributed by atoms with van der Waals surface area (Å²) in [5.74, 6) is -1.01. The molecule has 0 fully saturated rings. The van der Waals surface area contributed by atoms with Crippen LogP contribution in [0.4, 0.5) is 45.3 Å². The quantitative estimate of drug-likeness (QED) is 0.337. The molecule has 0 amide bonds. The molecule has 0 bridgehead atoms. The van der Waals surface area contributed by atoms with Crippen molar-refractivity contribution in [2.24, 2.45) is 0 Å². The van der Waals surface area contributed by atoms with Gasteiger partial charge < -0.3 is 5.73 Å². The maximum Gasteiger partial charge on any atom is 0.447 e. The maximum atomic E-state index is 13.0. The lowest BCUT2D eigenvalue weighted by atomic mass is 10.2. The third-order valence-corrected chi connectivity index (χ3v) is 5.46. The second kappa shape index (κ2) is 8.18. The van der Waals surface area contributed by atoms with Crippen molar-refractivity contribution < 1.29 is 39.5 Å². The molecular formula is C14H4Cl2F9N3S2. The average molecular weight is 520 g/mol. The lowest BCUT2D eigenvalue weighted by Crippen LogP contribution is -2.10. The highest BCUT2D eigenvalue weighted by molar-refractivity contribution is 8.01. The lowest BCUT2D eigenvalue weighted by molar-refractivity contribution is -0.137. The summed E-state index contributed by atoms with van der Waals surface area (Å²) < 4.78 is 117. The zero-order valence-electron chi connectivity index (χ0n) is 13.6. The Labute approximate surface area is 179 Å². The molecule has 1 heterocycles. The van der Waals surface area contributed by atoms with Gasteiger partial charge in [-0.1, -0.05) is 23.2 Å². The molecule has 3 nitrogen and oxygen atoms in total. The lowest BCUT2D eigenvalue weighted by Gasteiger charge is -2.17. The summed E-state index contributed by atoms with van der Waals surface area (Å²) in [6.45, 7) is 0. The van der Waals surface area contributed by atoms with E-state index in [2.05, 4.69) is 0 Å². The van der Waals surface area contributed by atoms with Crippen LogP contribution in [0.3, 0.4) is 0 Å². The van der Waals surface area contributed by atoms with E-state index in [-0.39, 0.29) is 4.57 Å². The third-order valence-electron chi connectivity index (χ3n) is 3.23. The molecule has 0 aliphatic rings. The van der Waals surface area contributed by atoms with E-state index in [0.717, 1.165) is 0 Å². The molecule has 0 saturated heterocycles. The van der Waals surface area contributed by atoms with Crippen molar-refractivity contribution in [3.05, 3.63) is 33.3 Å². The second-order valence-corrected chi connectivity index (χ2v) is 8.17. The number of benzene rings is 1. The van der Waals surface area contributed by atoms with Crippen molar-refractivity contribution in [2.45, 2.75) is 27.1 Å². The first-order valence-electron chi connectivity index (χ1n) is 6.98. The van der Waals surface area contributed by atoms with Gasteiger partial charge in [0.2, 0.25) is 0 Å². The molecule has 0 saturated carbocycles. The van der Waals surface area contributed by atoms with Crippen LogP contribution in [0.5, 0.6) is 0 Å². The van der Waals surface area contributed by atoms with E-state index in [0.29, 0.717) is 12.1 Å². The molecule has 164 valence electrons. The van der Waals surface area contributed by atoms with Crippen LogP contribution < -0.4 is 5.73 Å². The predicted molar refractivity (Wildman–Crippen MR) is 93.7 cm³/mol. The van der Waals surface area contributed by atoms with Crippen LogP contribution in [0.2, 0.25) is 10.0 Å². The van der Waals surface area contributed by atoms with Crippen molar-refractivity contribution in [2.75, 3.05) is 5.73 Å². The van der Waals surface area contributed by atoms with Gasteiger partial charge in [-0.05, 0) is 23.9 Å². The minimum Gasteiger partial charge on any atom is -0.384 e. The molecular weight excluding hydrogens is 516 g/mol. The van der Waals surface area contributed by atoms with Gasteiger partial charge in [-0.3, -0.25) is 4.57 Å². The third kappa shape index (κ3) is 5.37. The smallest absolute Gasteiger partial charge is 0.384 e. The Balaban J connectivity index is 2.90. The Morgan fingerprint density at radius 3 is 1.73 bits per heavy atom. The van der Waals surface area contributed by atoms with Crippen molar-refractivity contribution in [3.63, 3.8) is 0 Å². The van der Waals surface area contributed by atoms with Gasteiger partial charge in [0.25, 0.3) is 0 Å². The predicted octanol–water partition coefficient (Wildman–Crippen LogP) is 7.48. The molecule has 1 aromatic heterocycles. The van der Waals surface area contributed by atoms with Crippen molar-refractivity contribution in [1.82, 2.24) is 4.57 Å². The average Bonchev–Trinajstić information content (AvgIpc) is 2.75. The number of nitrogens with two attached hydrogens (primary N) is 1. The van der Waals surface area contributed by atoms with Gasteiger partial charge in [0.05, 0.1) is 26.2 Å². The molecule has 2 aromatic rings. The SMILES string of the molecule is N#Cc1c(SC(F)(F)F)c(N)n(-c2c(Cl)cc(C(F)(F)F)cc2Cl)c1SC(F)(F)F. The van der Waals surface area contributed by atoms with Crippen LogP contribution in [0, 0.1) is 11.3 Å². The fraction of sp³-hybridized carbons (Fsp3) is 0.214. The molecule has 0 atom stereocenters. The summed E-state index contributed by atoms with van der Waals surface area (Å²) in [5, 5.41) is 6.32. The van der Waals surface area contributed by atoms with Crippen LogP contribution in [-0.2, 0) is 6.18 Å². The number of halogens is 11. The summed E-state index contributed by atoms with van der Waals surface area (Å²) in [7, 11) is 0.